The standard InChI is InChI=1S/C30H30N2O2.ClH/c1-20-16-25(14-15-26(20)30(33)34)32-19-22(17-24-9-4-6-13-29(24)32)18-31-21(2)27-12-7-10-23-8-3-5-11-28(23)27;/h3-16,21-22,31H,17-19H2,1-2H3,(H,33,34);1H/t21-,22?;/m1./s1. The highest BCUT2D eigenvalue weighted by Crippen LogP contribution is 2.36. The number of halogens is 1. The van der Waals surface area contributed by atoms with Crippen LogP contribution in [0.1, 0.15) is 40.0 Å². The molecule has 0 fully saturated rings. The molecule has 180 valence electrons. The fourth-order valence-electron chi connectivity index (χ4n) is 5.20. The zero-order chi connectivity index (χ0) is 23.7. The Bertz CT molecular complexity index is 1350. The van der Waals surface area contributed by atoms with Crippen LogP contribution in [0, 0.1) is 12.8 Å². The van der Waals surface area contributed by atoms with Crippen LogP contribution >= 0.6 is 12.4 Å². The average molecular weight is 487 g/mol. The molecule has 35 heavy (non-hydrogen) atoms. The molecule has 0 bridgehead atoms. The van der Waals surface area contributed by atoms with Crippen LogP contribution < -0.4 is 10.2 Å². The fraction of sp³-hybridized carbons (Fsp3) is 0.233. The number of nitrogens with one attached hydrogen (secondary N) is 1. The predicted molar refractivity (Wildman–Crippen MR) is 146 cm³/mol. The van der Waals surface area contributed by atoms with Crippen molar-refractivity contribution < 1.29 is 9.90 Å². The zero-order valence-corrected chi connectivity index (χ0v) is 20.9. The van der Waals surface area contributed by atoms with Crippen LogP contribution in [0.3, 0.4) is 0 Å². The van der Waals surface area contributed by atoms with Gasteiger partial charge in [-0.15, -0.1) is 12.4 Å². The molecule has 4 aromatic rings. The lowest BCUT2D eigenvalue weighted by Gasteiger charge is -2.37. The number of hydrogen-bond acceptors (Lipinski definition) is 3. The second-order valence-corrected chi connectivity index (χ2v) is 9.31. The summed E-state index contributed by atoms with van der Waals surface area (Å²) in [5, 5.41) is 15.8. The van der Waals surface area contributed by atoms with E-state index in [1.807, 2.05) is 19.1 Å². The van der Waals surface area contributed by atoms with Gasteiger partial charge in [0.1, 0.15) is 0 Å². The minimum atomic E-state index is -0.882. The lowest BCUT2D eigenvalue weighted by Crippen LogP contribution is -2.38. The molecule has 2 atom stereocenters. The molecule has 4 aromatic carbocycles. The van der Waals surface area contributed by atoms with Crippen molar-refractivity contribution in [2.24, 2.45) is 5.92 Å². The van der Waals surface area contributed by atoms with Crippen molar-refractivity contribution in [1.82, 2.24) is 5.32 Å². The van der Waals surface area contributed by atoms with E-state index in [0.717, 1.165) is 30.8 Å². The Morgan fingerprint density at radius 2 is 1.77 bits per heavy atom. The first kappa shape index (κ1) is 24.8. The third-order valence-electron chi connectivity index (χ3n) is 6.99. The Balaban J connectivity index is 0.00000289. The highest BCUT2D eigenvalue weighted by Gasteiger charge is 2.26. The van der Waals surface area contributed by atoms with Gasteiger partial charge in [0.15, 0.2) is 0 Å². The molecule has 0 aliphatic carbocycles. The number of fused-ring (bicyclic) bond motifs is 2. The van der Waals surface area contributed by atoms with Crippen LogP contribution in [0.2, 0.25) is 0 Å². The van der Waals surface area contributed by atoms with Gasteiger partial charge in [0.2, 0.25) is 0 Å². The maximum Gasteiger partial charge on any atom is 0.335 e. The van der Waals surface area contributed by atoms with E-state index in [2.05, 4.69) is 83.9 Å². The molecule has 0 amide bonds. The Morgan fingerprint density at radius 1 is 1.03 bits per heavy atom. The largest absolute Gasteiger partial charge is 0.478 e. The van der Waals surface area contributed by atoms with Crippen molar-refractivity contribution in [3.8, 4) is 0 Å². The van der Waals surface area contributed by atoms with Gasteiger partial charge in [0.25, 0.3) is 0 Å². The summed E-state index contributed by atoms with van der Waals surface area (Å²) in [6.45, 7) is 5.90. The molecule has 1 aliphatic heterocycles. The first-order valence-electron chi connectivity index (χ1n) is 11.9. The molecule has 2 N–H and O–H groups in total. The van der Waals surface area contributed by atoms with Gasteiger partial charge in [0, 0.05) is 30.5 Å². The first-order chi connectivity index (χ1) is 16.5. The van der Waals surface area contributed by atoms with Gasteiger partial charge in [-0.05, 0) is 77.9 Å². The third kappa shape index (κ3) is 5.04. The highest BCUT2D eigenvalue weighted by atomic mass is 35.5. The molecular formula is C30H31ClN2O2. The first-order valence-corrected chi connectivity index (χ1v) is 11.9. The molecule has 5 heteroatoms. The van der Waals surface area contributed by atoms with Gasteiger partial charge in [-0.2, -0.15) is 0 Å². The Labute approximate surface area is 213 Å². The van der Waals surface area contributed by atoms with Gasteiger partial charge in [-0.1, -0.05) is 60.7 Å². The van der Waals surface area contributed by atoms with Crippen molar-refractivity contribution in [3.05, 3.63) is 107 Å². The lowest BCUT2D eigenvalue weighted by atomic mass is 9.91. The quantitative estimate of drug-likeness (QED) is 0.310. The number of para-hydroxylation sites is 1. The second-order valence-electron chi connectivity index (χ2n) is 9.31. The smallest absolute Gasteiger partial charge is 0.335 e. The Hall–Kier alpha value is -3.34. The fourth-order valence-corrected chi connectivity index (χ4v) is 5.20. The molecule has 0 aromatic heterocycles. The maximum atomic E-state index is 11.5. The minimum Gasteiger partial charge on any atom is -0.478 e. The van der Waals surface area contributed by atoms with Crippen molar-refractivity contribution in [1.29, 1.82) is 0 Å². The molecular weight excluding hydrogens is 456 g/mol. The molecule has 1 aliphatic rings. The van der Waals surface area contributed by atoms with E-state index in [9.17, 15) is 9.90 Å². The van der Waals surface area contributed by atoms with E-state index in [-0.39, 0.29) is 18.4 Å². The number of aryl methyl sites for hydroxylation is 1. The summed E-state index contributed by atoms with van der Waals surface area (Å²) in [5.74, 6) is -0.445. The van der Waals surface area contributed by atoms with Gasteiger partial charge >= 0.3 is 5.97 Å². The second kappa shape index (κ2) is 10.5. The van der Waals surface area contributed by atoms with Crippen LogP contribution in [0.15, 0.2) is 84.9 Å². The van der Waals surface area contributed by atoms with Crippen LogP contribution in [0.4, 0.5) is 11.4 Å². The van der Waals surface area contributed by atoms with Crippen molar-refractivity contribution >= 4 is 40.5 Å². The number of carbonyl (C=O) groups is 1. The summed E-state index contributed by atoms with van der Waals surface area (Å²) in [6.07, 6.45) is 1.02. The number of aromatic carboxylic acids is 1. The number of rotatable bonds is 6. The molecule has 0 saturated carbocycles. The van der Waals surface area contributed by atoms with Crippen molar-refractivity contribution in [2.75, 3.05) is 18.0 Å². The normalized spacial score (nSPS) is 15.8. The van der Waals surface area contributed by atoms with E-state index in [1.165, 1.54) is 27.6 Å². The molecule has 0 spiro atoms. The van der Waals surface area contributed by atoms with E-state index >= 15 is 0 Å². The maximum absolute atomic E-state index is 11.5. The Morgan fingerprint density at radius 3 is 2.57 bits per heavy atom. The van der Waals surface area contributed by atoms with Gasteiger partial charge < -0.3 is 15.3 Å². The van der Waals surface area contributed by atoms with Gasteiger partial charge in [0.05, 0.1) is 5.56 Å². The summed E-state index contributed by atoms with van der Waals surface area (Å²) in [7, 11) is 0. The van der Waals surface area contributed by atoms with Crippen LogP contribution in [-0.2, 0) is 6.42 Å². The van der Waals surface area contributed by atoms with E-state index in [0.29, 0.717) is 11.5 Å². The Kier molecular flexibility index (Phi) is 7.44. The minimum absolute atomic E-state index is 0. The highest BCUT2D eigenvalue weighted by molar-refractivity contribution is 5.90. The molecule has 1 unspecified atom stereocenters. The SMILES string of the molecule is Cc1cc(N2CC(CN[C@H](C)c3cccc4ccccc34)Cc3ccccc32)ccc1C(=O)O.Cl. The molecule has 0 radical (unpaired) electrons. The lowest BCUT2D eigenvalue weighted by molar-refractivity contribution is 0.0696. The summed E-state index contributed by atoms with van der Waals surface area (Å²) in [4.78, 5) is 13.8. The summed E-state index contributed by atoms with van der Waals surface area (Å²) in [6, 6.07) is 29.5. The van der Waals surface area contributed by atoms with E-state index in [1.54, 1.807) is 6.07 Å². The summed E-state index contributed by atoms with van der Waals surface area (Å²) in [5.41, 5.74) is 6.05. The predicted octanol–water partition coefficient (Wildman–Crippen LogP) is 6.93. The van der Waals surface area contributed by atoms with Crippen LogP contribution in [-0.4, -0.2) is 24.2 Å². The zero-order valence-electron chi connectivity index (χ0n) is 20.1. The number of benzene rings is 4. The molecule has 5 rings (SSSR count). The number of carboxylic acid groups (broad SMARTS) is 1. The van der Waals surface area contributed by atoms with E-state index < -0.39 is 5.97 Å². The van der Waals surface area contributed by atoms with Crippen LogP contribution in [0.25, 0.3) is 10.8 Å². The van der Waals surface area contributed by atoms with E-state index in [4.69, 9.17) is 0 Å². The molecule has 0 saturated heterocycles. The number of nitrogens with zero attached hydrogens (tertiary/aromatic N) is 1. The average Bonchev–Trinajstić information content (AvgIpc) is 2.86. The summed E-state index contributed by atoms with van der Waals surface area (Å²) < 4.78 is 0. The number of carboxylic acids is 1. The monoisotopic (exact) mass is 486 g/mol. The molecule has 1 heterocycles. The van der Waals surface area contributed by atoms with Gasteiger partial charge in [-0.25, -0.2) is 4.79 Å². The van der Waals surface area contributed by atoms with Gasteiger partial charge in [-0.3, -0.25) is 0 Å². The van der Waals surface area contributed by atoms with Crippen LogP contribution in [0.5, 0.6) is 0 Å². The third-order valence-corrected chi connectivity index (χ3v) is 6.99. The summed E-state index contributed by atoms with van der Waals surface area (Å²) >= 11 is 0. The molecule has 4 nitrogen and oxygen atoms in total. The van der Waals surface area contributed by atoms with Crippen molar-refractivity contribution in [3.63, 3.8) is 0 Å². The topological polar surface area (TPSA) is 52.6 Å². The number of anilines is 2. The van der Waals surface area contributed by atoms with Crippen molar-refractivity contribution in [2.45, 2.75) is 26.3 Å². The number of hydrogen-bond donors (Lipinski definition) is 2.